The Morgan fingerprint density at radius 3 is 2.50 bits per heavy atom. The molecule has 18 heavy (non-hydrogen) atoms. The lowest BCUT2D eigenvalue weighted by Gasteiger charge is -2.50. The number of rotatable bonds is 4. The number of nitrogens with one attached hydrogen (secondary N) is 1. The fraction of sp³-hybridized carbons (Fsp3) is 0.933. The van der Waals surface area contributed by atoms with Gasteiger partial charge in [0.2, 0.25) is 5.91 Å². The van der Waals surface area contributed by atoms with Crippen molar-refractivity contribution < 1.29 is 4.79 Å². The topological polar surface area (TPSA) is 32.3 Å². The molecule has 104 valence electrons. The van der Waals surface area contributed by atoms with Crippen molar-refractivity contribution in [3.05, 3.63) is 0 Å². The normalized spacial score (nSPS) is 32.2. The van der Waals surface area contributed by atoms with Crippen LogP contribution < -0.4 is 5.32 Å². The number of nitrogens with zero attached hydrogens (tertiary/aromatic N) is 1. The fourth-order valence-electron chi connectivity index (χ4n) is 3.82. The molecular weight excluding hydrogens is 224 g/mol. The van der Waals surface area contributed by atoms with Gasteiger partial charge in [0.25, 0.3) is 0 Å². The van der Waals surface area contributed by atoms with Gasteiger partial charge in [-0.3, -0.25) is 9.69 Å². The molecule has 3 aliphatic rings. The molecule has 3 heteroatoms. The molecule has 3 nitrogen and oxygen atoms in total. The summed E-state index contributed by atoms with van der Waals surface area (Å²) >= 11 is 0. The fourth-order valence-corrected chi connectivity index (χ4v) is 3.82. The van der Waals surface area contributed by atoms with Crippen LogP contribution in [-0.4, -0.2) is 36.0 Å². The van der Waals surface area contributed by atoms with E-state index in [1.807, 2.05) is 13.8 Å². The van der Waals surface area contributed by atoms with E-state index in [-0.39, 0.29) is 11.9 Å². The second kappa shape index (κ2) is 5.60. The maximum absolute atomic E-state index is 11.9. The van der Waals surface area contributed by atoms with Crippen LogP contribution in [0.25, 0.3) is 0 Å². The summed E-state index contributed by atoms with van der Waals surface area (Å²) in [5.74, 6) is 2.69. The number of fused-ring (bicyclic) bond motifs is 3. The van der Waals surface area contributed by atoms with E-state index < -0.39 is 0 Å². The van der Waals surface area contributed by atoms with Crippen molar-refractivity contribution in [2.45, 2.75) is 59.0 Å². The third kappa shape index (κ3) is 3.05. The number of piperidine rings is 2. The third-order valence-electron chi connectivity index (χ3n) is 4.66. The predicted octanol–water partition coefficient (Wildman–Crippen LogP) is 2.27. The quantitative estimate of drug-likeness (QED) is 0.832. The minimum atomic E-state index is 0.193. The summed E-state index contributed by atoms with van der Waals surface area (Å²) in [7, 11) is 0. The van der Waals surface area contributed by atoms with Crippen LogP contribution in [0.5, 0.6) is 0 Å². The van der Waals surface area contributed by atoms with Crippen molar-refractivity contribution in [1.29, 1.82) is 0 Å². The summed E-state index contributed by atoms with van der Waals surface area (Å²) < 4.78 is 0. The molecule has 0 radical (unpaired) electrons. The van der Waals surface area contributed by atoms with Gasteiger partial charge in [-0.15, -0.1) is 0 Å². The molecule has 1 aliphatic carbocycles. The Morgan fingerprint density at radius 2 is 2.00 bits per heavy atom. The summed E-state index contributed by atoms with van der Waals surface area (Å²) in [6, 6.07) is 0.906. The zero-order valence-electron chi connectivity index (χ0n) is 12.3. The van der Waals surface area contributed by atoms with Crippen LogP contribution in [0.4, 0.5) is 0 Å². The van der Waals surface area contributed by atoms with Gasteiger partial charge in [-0.25, -0.2) is 0 Å². The molecule has 0 spiro atoms. The highest BCUT2D eigenvalue weighted by atomic mass is 16.2. The van der Waals surface area contributed by atoms with E-state index in [2.05, 4.69) is 24.1 Å². The minimum absolute atomic E-state index is 0.193. The Hall–Kier alpha value is -0.570. The summed E-state index contributed by atoms with van der Waals surface area (Å²) in [6.45, 7) is 10.5. The van der Waals surface area contributed by atoms with Gasteiger partial charge >= 0.3 is 0 Å². The summed E-state index contributed by atoms with van der Waals surface area (Å²) in [6.07, 6.45) is 3.97. The van der Waals surface area contributed by atoms with Gasteiger partial charge in [-0.1, -0.05) is 13.8 Å². The minimum Gasteiger partial charge on any atom is -0.353 e. The molecule has 3 rings (SSSR count). The summed E-state index contributed by atoms with van der Waals surface area (Å²) in [5.41, 5.74) is 0. The van der Waals surface area contributed by atoms with Crippen LogP contribution in [0.1, 0.15) is 47.0 Å². The average molecular weight is 252 g/mol. The number of carbonyl (C=O) groups excluding carboxylic acids is 1. The first kappa shape index (κ1) is 13.9. The predicted molar refractivity (Wildman–Crippen MR) is 74.3 cm³/mol. The first-order valence-corrected chi connectivity index (χ1v) is 7.50. The van der Waals surface area contributed by atoms with E-state index in [1.54, 1.807) is 0 Å². The van der Waals surface area contributed by atoms with Gasteiger partial charge < -0.3 is 5.32 Å². The number of amides is 1. The molecule has 1 N–H and O–H groups in total. The van der Waals surface area contributed by atoms with Crippen LogP contribution in [-0.2, 0) is 4.79 Å². The van der Waals surface area contributed by atoms with Crippen molar-refractivity contribution in [2.24, 2.45) is 17.8 Å². The molecule has 2 saturated heterocycles. The highest BCUT2D eigenvalue weighted by Gasteiger charge is 2.41. The first-order chi connectivity index (χ1) is 8.47. The first-order valence-electron chi connectivity index (χ1n) is 7.50. The second-order valence-corrected chi connectivity index (χ2v) is 6.79. The smallest absolute Gasteiger partial charge is 0.234 e. The zero-order chi connectivity index (χ0) is 13.3. The molecule has 1 amide bonds. The molecule has 2 aliphatic heterocycles. The molecular formula is C15H28N2O. The van der Waals surface area contributed by atoms with Crippen molar-refractivity contribution in [1.82, 2.24) is 10.2 Å². The van der Waals surface area contributed by atoms with Crippen molar-refractivity contribution >= 4 is 5.91 Å². The molecule has 1 saturated carbocycles. The molecule has 0 aromatic rings. The maximum Gasteiger partial charge on any atom is 0.234 e. The van der Waals surface area contributed by atoms with Crippen LogP contribution in [0, 0.1) is 17.8 Å². The van der Waals surface area contributed by atoms with Gasteiger partial charge in [0, 0.05) is 18.6 Å². The van der Waals surface area contributed by atoms with Crippen molar-refractivity contribution in [3.8, 4) is 0 Å². The third-order valence-corrected chi connectivity index (χ3v) is 4.66. The monoisotopic (exact) mass is 252 g/mol. The number of carbonyl (C=O) groups is 1. The molecule has 2 heterocycles. The number of hydrogen-bond donors (Lipinski definition) is 1. The second-order valence-electron chi connectivity index (χ2n) is 6.79. The van der Waals surface area contributed by atoms with E-state index >= 15 is 0 Å². The SMILES string of the molecule is CC(C)NC(=O)CN1CC2CCC1CC2C(C)C. The van der Waals surface area contributed by atoms with Gasteiger partial charge in [-0.05, 0) is 50.9 Å². The van der Waals surface area contributed by atoms with Gasteiger partial charge in [0.15, 0.2) is 0 Å². The maximum atomic E-state index is 11.9. The van der Waals surface area contributed by atoms with Crippen LogP contribution >= 0.6 is 0 Å². The Balaban J connectivity index is 1.89. The molecule has 3 unspecified atom stereocenters. The Labute approximate surface area is 111 Å². The highest BCUT2D eigenvalue weighted by molar-refractivity contribution is 5.78. The summed E-state index contributed by atoms with van der Waals surface area (Å²) in [5, 5.41) is 3.00. The Bertz CT molecular complexity index is 301. The molecule has 0 aromatic carbocycles. The zero-order valence-corrected chi connectivity index (χ0v) is 12.3. The lowest BCUT2D eigenvalue weighted by atomic mass is 9.68. The van der Waals surface area contributed by atoms with Crippen LogP contribution in [0.2, 0.25) is 0 Å². The largest absolute Gasteiger partial charge is 0.353 e. The van der Waals surface area contributed by atoms with Crippen LogP contribution in [0.3, 0.4) is 0 Å². The lowest BCUT2D eigenvalue weighted by Crippen LogP contribution is -2.55. The van der Waals surface area contributed by atoms with E-state index in [1.165, 1.54) is 19.3 Å². The van der Waals surface area contributed by atoms with Crippen molar-refractivity contribution in [3.63, 3.8) is 0 Å². The van der Waals surface area contributed by atoms with E-state index in [9.17, 15) is 4.79 Å². The highest BCUT2D eigenvalue weighted by Crippen LogP contribution is 2.42. The van der Waals surface area contributed by atoms with Crippen molar-refractivity contribution in [2.75, 3.05) is 13.1 Å². The van der Waals surface area contributed by atoms with E-state index in [0.29, 0.717) is 12.6 Å². The lowest BCUT2D eigenvalue weighted by molar-refractivity contribution is -0.125. The van der Waals surface area contributed by atoms with Gasteiger partial charge in [-0.2, -0.15) is 0 Å². The molecule has 2 bridgehead atoms. The van der Waals surface area contributed by atoms with Crippen LogP contribution in [0.15, 0.2) is 0 Å². The van der Waals surface area contributed by atoms with E-state index in [4.69, 9.17) is 0 Å². The standard InChI is InChI=1S/C15H28N2O/c1-10(2)14-7-13-6-5-12(14)8-17(13)9-15(18)16-11(3)4/h10-14H,5-9H2,1-4H3,(H,16,18). The Kier molecular flexibility index (Phi) is 4.31. The summed E-state index contributed by atoms with van der Waals surface area (Å²) in [4.78, 5) is 14.3. The van der Waals surface area contributed by atoms with E-state index in [0.717, 1.165) is 24.3 Å². The molecule has 3 fully saturated rings. The molecule has 3 atom stereocenters. The number of hydrogen-bond acceptors (Lipinski definition) is 2. The van der Waals surface area contributed by atoms with Gasteiger partial charge in [0.1, 0.15) is 0 Å². The van der Waals surface area contributed by atoms with Gasteiger partial charge in [0.05, 0.1) is 6.54 Å². The molecule has 0 aromatic heterocycles. The Morgan fingerprint density at radius 1 is 1.28 bits per heavy atom. The average Bonchev–Trinajstić information content (AvgIpc) is 2.28.